The van der Waals surface area contributed by atoms with Crippen LogP contribution >= 0.6 is 0 Å². The maximum absolute atomic E-state index is 12.8. The number of nitrogens with zero attached hydrogens (tertiary/aromatic N) is 1. The zero-order valence-electron chi connectivity index (χ0n) is 17.1. The number of carbonyl (C=O) groups is 1. The predicted octanol–water partition coefficient (Wildman–Crippen LogP) is 4.74. The Morgan fingerprint density at radius 1 is 1.07 bits per heavy atom. The smallest absolute Gasteiger partial charge is 0.251 e. The molecule has 150 valence electrons. The van der Waals surface area contributed by atoms with Gasteiger partial charge >= 0.3 is 0 Å². The molecule has 1 fully saturated rings. The molecule has 4 heteroatoms. The quantitative estimate of drug-likeness (QED) is 0.754. The van der Waals surface area contributed by atoms with E-state index in [0.29, 0.717) is 18.7 Å². The normalized spacial score (nSPS) is 16.2. The molecule has 1 N–H and O–H groups in total. The summed E-state index contributed by atoms with van der Waals surface area (Å²) in [4.78, 5) is 15.3. The third-order valence-corrected chi connectivity index (χ3v) is 5.41. The molecule has 0 spiro atoms. The van der Waals surface area contributed by atoms with Gasteiger partial charge < -0.3 is 10.1 Å². The number of rotatable bonds is 7. The second-order valence-electron chi connectivity index (χ2n) is 7.55. The van der Waals surface area contributed by atoms with Crippen LogP contribution in [0, 0.1) is 6.92 Å². The molecular formula is C24H32N2O2. The number of amides is 1. The largest absolute Gasteiger partial charge is 0.494 e. The van der Waals surface area contributed by atoms with Gasteiger partial charge in [-0.2, -0.15) is 0 Å². The van der Waals surface area contributed by atoms with Crippen molar-refractivity contribution in [2.24, 2.45) is 0 Å². The van der Waals surface area contributed by atoms with Gasteiger partial charge in [0.25, 0.3) is 5.91 Å². The molecular weight excluding hydrogens is 348 g/mol. The van der Waals surface area contributed by atoms with Crippen LogP contribution in [0.1, 0.15) is 60.1 Å². The van der Waals surface area contributed by atoms with Crippen LogP contribution in [0.5, 0.6) is 5.75 Å². The highest BCUT2D eigenvalue weighted by Crippen LogP contribution is 2.24. The van der Waals surface area contributed by atoms with Crippen molar-refractivity contribution in [3.8, 4) is 5.75 Å². The molecule has 0 saturated carbocycles. The number of ether oxygens (including phenoxy) is 1. The molecule has 1 amide bonds. The Morgan fingerprint density at radius 2 is 1.79 bits per heavy atom. The maximum atomic E-state index is 12.8. The summed E-state index contributed by atoms with van der Waals surface area (Å²) in [5.41, 5.74) is 3.18. The first kappa shape index (κ1) is 20.4. The van der Waals surface area contributed by atoms with Crippen LogP contribution in [0.3, 0.4) is 0 Å². The number of likely N-dealkylation sites (tertiary alicyclic amines) is 1. The minimum atomic E-state index is -0.0477. The minimum absolute atomic E-state index is 0.0477. The van der Waals surface area contributed by atoms with Crippen molar-refractivity contribution in [2.75, 3.05) is 26.2 Å². The van der Waals surface area contributed by atoms with E-state index in [-0.39, 0.29) is 11.9 Å². The number of carbonyl (C=O) groups excluding carboxylic acids is 1. The average molecular weight is 381 g/mol. The number of benzene rings is 2. The van der Waals surface area contributed by atoms with Crippen LogP contribution in [0.25, 0.3) is 0 Å². The SMILES string of the molecule is CCOc1cccc(C(=O)NC[C@@H](c2ccc(C)cc2)N2CCCCCC2)c1. The fourth-order valence-corrected chi connectivity index (χ4v) is 3.84. The topological polar surface area (TPSA) is 41.6 Å². The van der Waals surface area contributed by atoms with Crippen molar-refractivity contribution in [1.29, 1.82) is 0 Å². The Balaban J connectivity index is 1.72. The Kier molecular flexibility index (Phi) is 7.49. The van der Waals surface area contributed by atoms with Crippen LogP contribution < -0.4 is 10.1 Å². The van der Waals surface area contributed by atoms with Crippen LogP contribution in [-0.2, 0) is 0 Å². The molecule has 0 radical (unpaired) electrons. The van der Waals surface area contributed by atoms with Gasteiger partial charge in [0.05, 0.1) is 12.6 Å². The van der Waals surface area contributed by atoms with E-state index < -0.39 is 0 Å². The lowest BCUT2D eigenvalue weighted by atomic mass is 10.0. The van der Waals surface area contributed by atoms with Crippen molar-refractivity contribution in [3.63, 3.8) is 0 Å². The summed E-state index contributed by atoms with van der Waals surface area (Å²) in [5, 5.41) is 3.16. The third-order valence-electron chi connectivity index (χ3n) is 5.41. The molecule has 1 heterocycles. The van der Waals surface area contributed by atoms with E-state index in [4.69, 9.17) is 4.74 Å². The third kappa shape index (κ3) is 5.59. The first-order valence-corrected chi connectivity index (χ1v) is 10.5. The molecule has 3 rings (SSSR count). The molecule has 4 nitrogen and oxygen atoms in total. The molecule has 1 aliphatic rings. The lowest BCUT2D eigenvalue weighted by molar-refractivity contribution is 0.0932. The second kappa shape index (κ2) is 10.3. The monoisotopic (exact) mass is 380 g/mol. The molecule has 0 bridgehead atoms. The first-order valence-electron chi connectivity index (χ1n) is 10.5. The predicted molar refractivity (Wildman–Crippen MR) is 114 cm³/mol. The zero-order valence-corrected chi connectivity index (χ0v) is 17.1. The number of nitrogens with one attached hydrogen (secondary N) is 1. The van der Waals surface area contributed by atoms with Gasteiger partial charge in [-0.05, 0) is 63.5 Å². The molecule has 0 aliphatic carbocycles. The Labute approximate surface area is 168 Å². The summed E-state index contributed by atoms with van der Waals surface area (Å²) in [6.07, 6.45) is 5.06. The van der Waals surface area contributed by atoms with E-state index in [1.807, 2.05) is 31.2 Å². The van der Waals surface area contributed by atoms with Crippen LogP contribution in [0.2, 0.25) is 0 Å². The second-order valence-corrected chi connectivity index (χ2v) is 7.55. The molecule has 1 atom stereocenters. The summed E-state index contributed by atoms with van der Waals surface area (Å²) in [6, 6.07) is 16.3. The lowest BCUT2D eigenvalue weighted by Gasteiger charge is -2.31. The van der Waals surface area contributed by atoms with Crippen molar-refractivity contribution >= 4 is 5.91 Å². The highest BCUT2D eigenvalue weighted by molar-refractivity contribution is 5.94. The van der Waals surface area contributed by atoms with Gasteiger partial charge in [0.15, 0.2) is 0 Å². The molecule has 0 unspecified atom stereocenters. The van der Waals surface area contributed by atoms with Crippen LogP contribution in [0.4, 0.5) is 0 Å². The molecule has 2 aromatic rings. The molecule has 1 saturated heterocycles. The van der Waals surface area contributed by atoms with Gasteiger partial charge in [0.1, 0.15) is 5.75 Å². The summed E-state index contributed by atoms with van der Waals surface area (Å²) < 4.78 is 5.52. The van der Waals surface area contributed by atoms with E-state index in [2.05, 4.69) is 41.4 Å². The van der Waals surface area contributed by atoms with Gasteiger partial charge in [-0.25, -0.2) is 0 Å². The highest BCUT2D eigenvalue weighted by atomic mass is 16.5. The minimum Gasteiger partial charge on any atom is -0.494 e. The lowest BCUT2D eigenvalue weighted by Crippen LogP contribution is -2.38. The van der Waals surface area contributed by atoms with Gasteiger partial charge in [0.2, 0.25) is 0 Å². The first-order chi connectivity index (χ1) is 13.7. The average Bonchev–Trinajstić information content (AvgIpc) is 2.99. The van der Waals surface area contributed by atoms with Crippen molar-refractivity contribution in [3.05, 3.63) is 65.2 Å². The van der Waals surface area contributed by atoms with E-state index in [1.54, 1.807) is 0 Å². The fourth-order valence-electron chi connectivity index (χ4n) is 3.84. The van der Waals surface area contributed by atoms with Gasteiger partial charge in [0, 0.05) is 12.1 Å². The number of hydrogen-bond acceptors (Lipinski definition) is 3. The number of hydrogen-bond donors (Lipinski definition) is 1. The maximum Gasteiger partial charge on any atom is 0.251 e. The van der Waals surface area contributed by atoms with Crippen molar-refractivity contribution in [1.82, 2.24) is 10.2 Å². The Morgan fingerprint density at radius 3 is 2.46 bits per heavy atom. The van der Waals surface area contributed by atoms with E-state index in [1.165, 1.54) is 36.8 Å². The van der Waals surface area contributed by atoms with Crippen LogP contribution in [0.15, 0.2) is 48.5 Å². The van der Waals surface area contributed by atoms with Crippen LogP contribution in [-0.4, -0.2) is 37.0 Å². The molecule has 2 aromatic carbocycles. The van der Waals surface area contributed by atoms with Crippen molar-refractivity contribution < 1.29 is 9.53 Å². The summed E-state index contributed by atoms with van der Waals surface area (Å²) in [7, 11) is 0. The Bertz CT molecular complexity index is 749. The Hall–Kier alpha value is -2.33. The summed E-state index contributed by atoms with van der Waals surface area (Å²) in [6.45, 7) is 7.44. The van der Waals surface area contributed by atoms with E-state index in [0.717, 1.165) is 18.8 Å². The standard InChI is InChI=1S/C24H32N2O2/c1-3-28-22-10-8-9-21(17-22)24(27)25-18-23(20-13-11-19(2)12-14-20)26-15-6-4-5-7-16-26/h8-14,17,23H,3-7,15-16,18H2,1-2H3,(H,25,27)/t23-/m0/s1. The van der Waals surface area contributed by atoms with Crippen molar-refractivity contribution in [2.45, 2.75) is 45.6 Å². The molecule has 1 aliphatic heterocycles. The molecule has 28 heavy (non-hydrogen) atoms. The van der Waals surface area contributed by atoms with Gasteiger partial charge in [-0.3, -0.25) is 9.69 Å². The highest BCUT2D eigenvalue weighted by Gasteiger charge is 2.22. The van der Waals surface area contributed by atoms with Gasteiger partial charge in [-0.1, -0.05) is 48.7 Å². The molecule has 0 aromatic heterocycles. The van der Waals surface area contributed by atoms with E-state index >= 15 is 0 Å². The summed E-state index contributed by atoms with van der Waals surface area (Å²) in [5.74, 6) is 0.686. The fraction of sp³-hybridized carbons (Fsp3) is 0.458. The van der Waals surface area contributed by atoms with E-state index in [9.17, 15) is 4.79 Å². The number of aryl methyl sites for hydroxylation is 1. The zero-order chi connectivity index (χ0) is 19.8. The van der Waals surface area contributed by atoms with Gasteiger partial charge in [-0.15, -0.1) is 0 Å². The summed E-state index contributed by atoms with van der Waals surface area (Å²) >= 11 is 0.